The molecule has 6 aromatic carbocycles. The number of methoxy groups -OCH3 is 2. The highest BCUT2D eigenvalue weighted by Crippen LogP contribution is 2.28. The number of benzene rings is 6. The number of anilines is 1. The van der Waals surface area contributed by atoms with Crippen molar-refractivity contribution in [1.29, 1.82) is 0 Å². The van der Waals surface area contributed by atoms with E-state index in [4.69, 9.17) is 55.9 Å². The second-order valence-electron chi connectivity index (χ2n) is 16.3. The molecule has 364 valence electrons. The molecule has 0 saturated carbocycles. The van der Waals surface area contributed by atoms with Gasteiger partial charge in [-0.25, -0.2) is 19.0 Å². The fraction of sp³-hybridized carbons (Fsp3) is 0.185. The van der Waals surface area contributed by atoms with Crippen LogP contribution >= 0.6 is 46.4 Å². The Morgan fingerprint density at radius 1 is 0.592 bits per heavy atom. The van der Waals surface area contributed by atoms with Crippen molar-refractivity contribution < 1.29 is 28.7 Å². The Bertz CT molecular complexity index is 3210. The lowest BCUT2D eigenvalue weighted by molar-refractivity contribution is -0.143. The summed E-state index contributed by atoms with van der Waals surface area (Å²) in [6.45, 7) is 1.82. The monoisotopic (exact) mass is 1030 g/mol. The minimum Gasteiger partial charge on any atom is -0.467 e. The van der Waals surface area contributed by atoms with Crippen LogP contribution in [0.25, 0.3) is 22.2 Å². The number of nitrogens with zero attached hydrogens (tertiary/aromatic N) is 3. The molecule has 2 N–H and O–H groups in total. The van der Waals surface area contributed by atoms with Crippen LogP contribution in [0.2, 0.25) is 20.1 Å². The van der Waals surface area contributed by atoms with Crippen LogP contribution in [0.3, 0.4) is 0 Å². The maximum absolute atomic E-state index is 13.0. The summed E-state index contributed by atoms with van der Waals surface area (Å²) < 4.78 is 12.3. The molecule has 2 amide bonds. The van der Waals surface area contributed by atoms with Gasteiger partial charge in [-0.15, -0.1) is 0 Å². The SMILES string of the molecule is COC(=O)[C@H](Cc1ccc(-n2c(=O)c3ccccc3n(C)c2=O)cc1)NC(=O)c1c(Cl)cccc1Cl.COC(=O)[C@H](Cc1ccc(C2=CCN(c3ccccc3)CC2)cc1)NC(=O)c1c(Cl)cccc1Cl. The first-order chi connectivity index (χ1) is 34.2. The van der Waals surface area contributed by atoms with Gasteiger partial charge in [0.25, 0.3) is 17.4 Å². The first kappa shape index (κ1) is 51.7. The molecule has 71 heavy (non-hydrogen) atoms. The van der Waals surface area contributed by atoms with E-state index in [9.17, 15) is 28.8 Å². The zero-order chi connectivity index (χ0) is 50.8. The van der Waals surface area contributed by atoms with Gasteiger partial charge in [0.2, 0.25) is 0 Å². The lowest BCUT2D eigenvalue weighted by Crippen LogP contribution is -2.43. The first-order valence-corrected chi connectivity index (χ1v) is 23.7. The van der Waals surface area contributed by atoms with Crippen molar-refractivity contribution in [2.45, 2.75) is 31.3 Å². The molecule has 0 radical (unpaired) electrons. The van der Waals surface area contributed by atoms with Crippen molar-refractivity contribution in [1.82, 2.24) is 19.8 Å². The normalized spacial score (nSPS) is 12.9. The molecule has 7 aromatic rings. The van der Waals surface area contributed by atoms with Gasteiger partial charge in [0.1, 0.15) is 12.1 Å². The minimum absolute atomic E-state index is 0.0524. The van der Waals surface area contributed by atoms with Gasteiger partial charge in [-0.05, 0) is 89.3 Å². The van der Waals surface area contributed by atoms with E-state index in [-0.39, 0.29) is 44.1 Å². The number of hydrogen-bond donors (Lipinski definition) is 2. The van der Waals surface area contributed by atoms with Crippen molar-refractivity contribution in [3.05, 3.63) is 214 Å². The second kappa shape index (κ2) is 23.6. The van der Waals surface area contributed by atoms with Gasteiger partial charge in [0, 0.05) is 38.7 Å². The number of para-hydroxylation sites is 2. The highest BCUT2D eigenvalue weighted by molar-refractivity contribution is 6.40. The van der Waals surface area contributed by atoms with Crippen LogP contribution in [0.4, 0.5) is 5.69 Å². The molecule has 2 heterocycles. The summed E-state index contributed by atoms with van der Waals surface area (Å²) in [7, 11) is 4.11. The summed E-state index contributed by atoms with van der Waals surface area (Å²) in [6.07, 6.45) is 3.58. The number of aromatic nitrogens is 2. The molecule has 0 unspecified atom stereocenters. The molecule has 2 atom stereocenters. The molecule has 1 aliphatic rings. The largest absolute Gasteiger partial charge is 0.467 e. The topological polar surface area (TPSA) is 158 Å². The summed E-state index contributed by atoms with van der Waals surface area (Å²) in [5, 5.41) is 6.47. The summed E-state index contributed by atoms with van der Waals surface area (Å²) in [4.78, 5) is 78.7. The van der Waals surface area contributed by atoms with Gasteiger partial charge >= 0.3 is 17.6 Å². The molecule has 8 rings (SSSR count). The van der Waals surface area contributed by atoms with Crippen molar-refractivity contribution in [2.75, 3.05) is 32.2 Å². The molecule has 13 nitrogen and oxygen atoms in total. The predicted octanol–water partition coefficient (Wildman–Crippen LogP) is 9.31. The Kier molecular flexibility index (Phi) is 17.2. The zero-order valence-corrected chi connectivity index (χ0v) is 41.7. The third-order valence-corrected chi connectivity index (χ3v) is 13.1. The van der Waals surface area contributed by atoms with E-state index in [0.29, 0.717) is 22.2 Å². The number of ether oxygens (including phenoxy) is 2. The van der Waals surface area contributed by atoms with Crippen LogP contribution in [-0.2, 0) is 39.0 Å². The first-order valence-electron chi connectivity index (χ1n) is 22.2. The summed E-state index contributed by atoms with van der Waals surface area (Å²) >= 11 is 24.5. The van der Waals surface area contributed by atoms with Gasteiger partial charge in [0.05, 0.1) is 62.0 Å². The fourth-order valence-corrected chi connectivity index (χ4v) is 9.25. The highest BCUT2D eigenvalue weighted by atomic mass is 35.5. The number of rotatable bonds is 13. The number of nitrogens with one attached hydrogen (secondary N) is 2. The van der Waals surface area contributed by atoms with Crippen molar-refractivity contribution >= 4 is 92.3 Å². The van der Waals surface area contributed by atoms with E-state index < -0.39 is 47.1 Å². The average Bonchev–Trinajstić information content (AvgIpc) is 3.38. The van der Waals surface area contributed by atoms with Gasteiger partial charge in [0.15, 0.2) is 0 Å². The Morgan fingerprint density at radius 2 is 1.07 bits per heavy atom. The highest BCUT2D eigenvalue weighted by Gasteiger charge is 2.27. The van der Waals surface area contributed by atoms with Crippen molar-refractivity contribution in [3.63, 3.8) is 0 Å². The van der Waals surface area contributed by atoms with E-state index >= 15 is 0 Å². The number of carbonyl (C=O) groups excluding carboxylic acids is 4. The molecule has 0 spiro atoms. The predicted molar refractivity (Wildman–Crippen MR) is 279 cm³/mol. The Morgan fingerprint density at radius 3 is 1.55 bits per heavy atom. The fourth-order valence-electron chi connectivity index (χ4n) is 8.11. The van der Waals surface area contributed by atoms with Crippen molar-refractivity contribution in [2.24, 2.45) is 7.05 Å². The third kappa shape index (κ3) is 12.2. The average molecular weight is 1040 g/mol. The van der Waals surface area contributed by atoms with Crippen molar-refractivity contribution in [3.8, 4) is 5.69 Å². The van der Waals surface area contributed by atoms with Crippen LogP contribution < -0.4 is 26.8 Å². The van der Waals surface area contributed by atoms with Crippen LogP contribution in [0.1, 0.15) is 43.8 Å². The Hall–Kier alpha value is -7.16. The smallest absolute Gasteiger partial charge is 0.335 e. The summed E-state index contributed by atoms with van der Waals surface area (Å²) in [5.41, 5.74) is 5.42. The minimum atomic E-state index is -1.03. The van der Waals surface area contributed by atoms with Gasteiger partial charge in [-0.2, -0.15) is 0 Å². The van der Waals surface area contributed by atoms with Crippen LogP contribution in [0.15, 0.2) is 155 Å². The molecular formula is C54H47Cl4N5O8. The van der Waals surface area contributed by atoms with Crippen LogP contribution in [0.5, 0.6) is 0 Å². The summed E-state index contributed by atoms with van der Waals surface area (Å²) in [6, 6.07) is 39.4. The third-order valence-electron chi connectivity index (χ3n) is 11.9. The molecule has 0 fully saturated rings. The lowest BCUT2D eigenvalue weighted by atomic mass is 9.96. The molecule has 17 heteroatoms. The maximum atomic E-state index is 13.0. The Labute approximate surface area is 429 Å². The van der Waals surface area contributed by atoms with E-state index in [1.807, 2.05) is 18.2 Å². The number of halogens is 4. The number of hydrogen-bond acceptors (Lipinski definition) is 9. The summed E-state index contributed by atoms with van der Waals surface area (Å²) in [5.74, 6) is -2.34. The molecule has 1 aromatic heterocycles. The number of fused-ring (bicyclic) bond motifs is 1. The zero-order valence-electron chi connectivity index (χ0n) is 38.7. The standard InChI is InChI=1S/C28H26Cl2N2O3.C26H21Cl2N3O5/c1-35-28(34)25(31-27(33)26-23(29)8-5-9-24(26)30)18-19-10-12-20(13-11-19)21-14-16-32(17-15-21)22-6-3-2-4-7-22;1-30-21-9-4-3-6-17(21)24(33)31(26(30)35)16-12-10-15(11-13-16)14-20(25(34)36-2)29-23(32)22-18(27)7-5-8-19(22)28/h2-14,25H,15-18H2,1H3,(H,31,33);3-13,20H,14H2,1-2H3,(H,29,32)/t25-;20-/m00/s1. The Balaban J connectivity index is 0.000000209. The van der Waals surface area contributed by atoms with E-state index in [1.165, 1.54) is 42.2 Å². The molecule has 0 bridgehead atoms. The maximum Gasteiger partial charge on any atom is 0.335 e. The lowest BCUT2D eigenvalue weighted by Gasteiger charge is -2.28. The van der Waals surface area contributed by atoms with E-state index in [1.54, 1.807) is 79.8 Å². The molecule has 0 aliphatic carbocycles. The number of esters is 2. The van der Waals surface area contributed by atoms with Gasteiger partial charge < -0.3 is 25.0 Å². The number of carbonyl (C=O) groups is 4. The number of aryl methyl sites for hydroxylation is 1. The molecular weight excluding hydrogens is 988 g/mol. The van der Waals surface area contributed by atoms with Crippen LogP contribution in [0, 0.1) is 0 Å². The van der Waals surface area contributed by atoms with E-state index in [2.05, 4.69) is 58.0 Å². The van der Waals surface area contributed by atoms with Gasteiger partial charge in [-0.3, -0.25) is 19.0 Å². The van der Waals surface area contributed by atoms with Crippen LogP contribution in [-0.4, -0.2) is 72.3 Å². The second-order valence-corrected chi connectivity index (χ2v) is 18.0. The molecule has 1 aliphatic heterocycles. The number of amides is 2. The van der Waals surface area contributed by atoms with E-state index in [0.717, 1.165) is 35.2 Å². The van der Waals surface area contributed by atoms with Gasteiger partial charge in [-0.1, -0.05) is 131 Å². The quantitative estimate of drug-likeness (QED) is 0.107. The molecule has 0 saturated heterocycles.